The van der Waals surface area contributed by atoms with Crippen LogP contribution < -0.4 is 0 Å². The van der Waals surface area contributed by atoms with E-state index in [2.05, 4.69) is 13.8 Å². The number of hydrogen-bond donors (Lipinski definition) is 0. The Morgan fingerprint density at radius 2 is 0.588 bits per heavy atom. The Balaban J connectivity index is 1.60. The van der Waals surface area contributed by atoms with Gasteiger partial charge >= 0.3 is 53.3 Å². The minimum atomic E-state index is -5.47. The molecule has 532 valence electrons. The van der Waals surface area contributed by atoms with Crippen LogP contribution in [0.15, 0.2) is 152 Å². The van der Waals surface area contributed by atoms with Crippen molar-refractivity contribution in [2.45, 2.75) is 226 Å². The van der Waals surface area contributed by atoms with Gasteiger partial charge in [0.1, 0.15) is 24.9 Å². The molecular weight excluding hydrogens is 1310 g/mol. The second-order valence-electron chi connectivity index (χ2n) is 23.4. The zero-order valence-corrected chi connectivity index (χ0v) is 59.2. The van der Waals surface area contributed by atoms with E-state index in [0.717, 1.165) is 51.4 Å². The number of ether oxygens (including phenoxy) is 5. The number of esters is 5. The van der Waals surface area contributed by atoms with Crippen LogP contribution in [0.25, 0.3) is 0 Å². The Morgan fingerprint density at radius 1 is 0.309 bits per heavy atom. The summed E-state index contributed by atoms with van der Waals surface area (Å²) in [6.45, 7) is 5.57. The van der Waals surface area contributed by atoms with Crippen LogP contribution in [0.4, 0.5) is 0 Å². The first kappa shape index (κ1) is 79.8. The van der Waals surface area contributed by atoms with E-state index in [4.69, 9.17) is 64.4 Å². The quantitative estimate of drug-likeness (QED) is 0.0152. The van der Waals surface area contributed by atoms with Crippen LogP contribution in [0.3, 0.4) is 0 Å². The number of carbonyl (C=O) groups excluding carboxylic acids is 5. The average molecular weight is 1410 g/mol. The molecule has 0 N–H and O–H groups in total. The summed E-state index contributed by atoms with van der Waals surface area (Å²) in [5.41, 5.74) is 2.41. The highest BCUT2D eigenvalue weighted by Gasteiger charge is 2.63. The van der Waals surface area contributed by atoms with Crippen LogP contribution in [-0.2, 0) is 135 Å². The van der Waals surface area contributed by atoms with Gasteiger partial charge in [0.15, 0.2) is 24.4 Å². The van der Waals surface area contributed by atoms with Crippen LogP contribution in [0.5, 0.6) is 0 Å². The monoisotopic (exact) mass is 1410 g/mol. The predicted molar refractivity (Wildman–Crippen MR) is 362 cm³/mol. The van der Waals surface area contributed by atoms with Gasteiger partial charge in [0.25, 0.3) is 0 Å². The number of unbranched alkanes of at least 4 members (excludes halogenated alkanes) is 8. The van der Waals surface area contributed by atoms with Gasteiger partial charge in [-0.15, -0.1) is 0 Å². The SMILES string of the molecule is CCCCCCCC(=O)OC[C@H](COP(=O)(OCc1ccccc1)OC1[C@H](OC(=O)CCC)[C@H](OP(=O)(OCc2ccccc2)OCc2ccccc2)C(OC(=O)CCC)[C@H](OP(=O)(OCc2ccccc2)OCc2ccccc2)[C@H]1OC(=O)CCC)OC(=O)CCCCCCC. The summed E-state index contributed by atoms with van der Waals surface area (Å²) < 4.78 is 137. The largest absolute Gasteiger partial charge is 0.475 e. The Morgan fingerprint density at radius 3 is 0.876 bits per heavy atom. The number of carbonyl (C=O) groups is 5. The third kappa shape index (κ3) is 29.6. The maximum atomic E-state index is 16.4. The molecule has 0 spiro atoms. The fourth-order valence-electron chi connectivity index (χ4n) is 10.0. The van der Waals surface area contributed by atoms with Crippen molar-refractivity contribution in [2.24, 2.45) is 0 Å². The van der Waals surface area contributed by atoms with Gasteiger partial charge in [0, 0.05) is 32.1 Å². The summed E-state index contributed by atoms with van der Waals surface area (Å²) in [6.07, 6.45) is -6.85. The molecule has 25 heteroatoms. The highest BCUT2D eigenvalue weighted by Crippen LogP contribution is 2.60. The Hall–Kier alpha value is -6.22. The van der Waals surface area contributed by atoms with Crippen molar-refractivity contribution >= 4 is 53.3 Å². The molecule has 1 saturated carbocycles. The van der Waals surface area contributed by atoms with E-state index in [1.165, 1.54) is 0 Å². The molecule has 5 aromatic carbocycles. The van der Waals surface area contributed by atoms with Gasteiger partial charge in [0.05, 0.1) is 39.6 Å². The molecule has 1 fully saturated rings. The topological polar surface area (TPSA) is 266 Å². The maximum Gasteiger partial charge on any atom is 0.475 e. The molecule has 22 nitrogen and oxygen atoms in total. The van der Waals surface area contributed by atoms with Crippen LogP contribution in [0, 0.1) is 0 Å². The molecule has 0 aromatic heterocycles. The normalized spacial score (nSPS) is 18.1. The van der Waals surface area contributed by atoms with Crippen molar-refractivity contribution in [2.75, 3.05) is 13.2 Å². The summed E-state index contributed by atoms with van der Waals surface area (Å²) in [4.78, 5) is 70.6. The van der Waals surface area contributed by atoms with E-state index in [1.54, 1.807) is 172 Å². The van der Waals surface area contributed by atoms with Gasteiger partial charge in [-0.1, -0.05) is 238 Å². The van der Waals surface area contributed by atoms with Crippen molar-refractivity contribution in [3.05, 3.63) is 179 Å². The van der Waals surface area contributed by atoms with Gasteiger partial charge in [-0.05, 0) is 59.9 Å². The molecule has 0 aliphatic heterocycles. The molecule has 1 aliphatic carbocycles. The molecule has 97 heavy (non-hydrogen) atoms. The molecule has 0 amide bonds. The van der Waals surface area contributed by atoms with Gasteiger partial charge in [-0.3, -0.25) is 64.7 Å². The summed E-state index contributed by atoms with van der Waals surface area (Å²) in [7, 11) is -15.9. The van der Waals surface area contributed by atoms with Crippen LogP contribution in [0.1, 0.15) is 178 Å². The van der Waals surface area contributed by atoms with E-state index in [1.807, 2.05) is 0 Å². The Labute approximate surface area is 571 Å². The zero-order chi connectivity index (χ0) is 69.6. The lowest BCUT2D eigenvalue weighted by Crippen LogP contribution is -2.68. The van der Waals surface area contributed by atoms with E-state index >= 15 is 13.7 Å². The van der Waals surface area contributed by atoms with E-state index in [0.29, 0.717) is 40.7 Å². The Kier molecular flexibility index (Phi) is 36.2. The van der Waals surface area contributed by atoms with Gasteiger partial charge in [-0.25, -0.2) is 13.7 Å². The molecule has 0 saturated heterocycles. The molecule has 5 aromatic rings. The molecule has 6 rings (SSSR count). The number of benzene rings is 5. The van der Waals surface area contributed by atoms with Crippen molar-refractivity contribution in [1.82, 2.24) is 0 Å². The smallest absolute Gasteiger partial charge is 0.462 e. The first-order valence-corrected chi connectivity index (χ1v) is 38.2. The van der Waals surface area contributed by atoms with E-state index < -0.39 is 142 Å². The van der Waals surface area contributed by atoms with Crippen LogP contribution in [0.2, 0.25) is 0 Å². The lowest BCUT2D eigenvalue weighted by atomic mass is 9.84. The van der Waals surface area contributed by atoms with Gasteiger partial charge < -0.3 is 23.7 Å². The van der Waals surface area contributed by atoms with Crippen LogP contribution in [-0.4, -0.2) is 85.8 Å². The van der Waals surface area contributed by atoms with Crippen molar-refractivity contribution in [3.8, 4) is 0 Å². The number of hydrogen-bond acceptors (Lipinski definition) is 22. The zero-order valence-electron chi connectivity index (χ0n) is 56.5. The number of rotatable bonds is 48. The lowest BCUT2D eigenvalue weighted by molar-refractivity contribution is -0.241. The second kappa shape index (κ2) is 44.0. The van der Waals surface area contributed by atoms with Crippen molar-refractivity contribution in [1.29, 1.82) is 0 Å². The molecular formula is C72H97O22P3. The maximum absolute atomic E-state index is 16.4. The lowest BCUT2D eigenvalue weighted by Gasteiger charge is -2.48. The molecule has 8 atom stereocenters. The third-order valence-electron chi connectivity index (χ3n) is 15.1. The van der Waals surface area contributed by atoms with Gasteiger partial charge in [0.2, 0.25) is 0 Å². The predicted octanol–water partition coefficient (Wildman–Crippen LogP) is 16.9. The molecule has 0 heterocycles. The summed E-state index contributed by atoms with van der Waals surface area (Å²) in [5, 5.41) is 0. The fraction of sp³-hybridized carbons (Fsp3) is 0.514. The Bertz CT molecular complexity index is 2990. The van der Waals surface area contributed by atoms with Gasteiger partial charge in [-0.2, -0.15) is 0 Å². The highest BCUT2D eigenvalue weighted by molar-refractivity contribution is 7.49. The number of phosphoric acid groups is 3. The summed E-state index contributed by atoms with van der Waals surface area (Å²) in [5.74, 6) is -4.18. The summed E-state index contributed by atoms with van der Waals surface area (Å²) >= 11 is 0. The molecule has 0 bridgehead atoms. The van der Waals surface area contributed by atoms with E-state index in [-0.39, 0.29) is 51.4 Å². The van der Waals surface area contributed by atoms with Crippen LogP contribution >= 0.6 is 23.5 Å². The molecule has 1 aliphatic rings. The molecule has 3 unspecified atom stereocenters. The average Bonchev–Trinajstić information content (AvgIpc) is 0.745. The minimum absolute atomic E-state index is 0.0172. The fourth-order valence-corrected chi connectivity index (χ4v) is 14.1. The standard InChI is InChI=1S/C72H97O22P3/c1-6-11-13-15-32-47-62(73)81-54-61(88-66(77)48-33-16-14-12-7-2)55-87-97(80,86-53-60-45-30-21-31-46-60)94-72-68(90-64(75)35-9-4)70(92-95(78,82-49-56-37-22-17-23-38-56)83-50-57-39-24-18-25-40-57)67(89-63(74)34-8-3)71(69(72)91-65(76)36-10-5)93-96(79,84-51-58-41-26-19-27-42-58)85-52-59-43-28-20-29-44-59/h17-31,37-46,61,67-72H,6-16,32-36,47-55H2,1-5H3/t61-,67?,68-,69-,70-,71+,72?,97?/m1/s1. The second-order valence-corrected chi connectivity index (χ2v) is 28.2. The minimum Gasteiger partial charge on any atom is -0.462 e. The highest BCUT2D eigenvalue weighted by atomic mass is 31.2. The first-order valence-electron chi connectivity index (χ1n) is 33.8. The summed E-state index contributed by atoms with van der Waals surface area (Å²) in [6, 6.07) is 42.7. The van der Waals surface area contributed by atoms with Crippen molar-refractivity contribution in [3.63, 3.8) is 0 Å². The third-order valence-corrected chi connectivity index (χ3v) is 19.3. The molecule has 0 radical (unpaired) electrons. The van der Waals surface area contributed by atoms with E-state index in [9.17, 15) is 24.0 Å². The number of phosphoric ester groups is 3. The first-order chi connectivity index (χ1) is 47.0. The van der Waals surface area contributed by atoms with Crippen molar-refractivity contribution < 1.29 is 102 Å².